The molecule has 0 spiro atoms. The summed E-state index contributed by atoms with van der Waals surface area (Å²) in [4.78, 5) is 0. The first-order chi connectivity index (χ1) is 9.86. The molecule has 0 radical (unpaired) electrons. The quantitative estimate of drug-likeness (QED) is 0.646. The molecule has 0 fully saturated rings. The fourth-order valence-corrected chi connectivity index (χ4v) is 3.55. The lowest BCUT2D eigenvalue weighted by atomic mass is 9.86. The topological polar surface area (TPSA) is 20.2 Å². The molecule has 1 aliphatic carbocycles. The summed E-state index contributed by atoms with van der Waals surface area (Å²) in [6.07, 6.45) is 5.08. The molecule has 4 rings (SSSR count). The molecule has 3 aromatic carbocycles. The second-order valence-electron chi connectivity index (χ2n) is 5.78. The van der Waals surface area contributed by atoms with E-state index >= 15 is 0 Å². The van der Waals surface area contributed by atoms with Crippen molar-refractivity contribution in [3.05, 3.63) is 59.2 Å². The number of hydrogen-bond acceptors (Lipinski definition) is 1. The first-order valence-corrected chi connectivity index (χ1v) is 7.44. The van der Waals surface area contributed by atoms with Gasteiger partial charge in [-0.25, -0.2) is 0 Å². The van der Waals surface area contributed by atoms with Gasteiger partial charge < -0.3 is 5.11 Å². The van der Waals surface area contributed by atoms with Gasteiger partial charge in [-0.05, 0) is 70.0 Å². The molecule has 0 aromatic heterocycles. The molecule has 0 atom stereocenters. The fourth-order valence-electron chi connectivity index (χ4n) is 3.55. The van der Waals surface area contributed by atoms with E-state index in [0.29, 0.717) is 0 Å². The molecule has 0 aliphatic heterocycles. The van der Waals surface area contributed by atoms with Gasteiger partial charge in [0.2, 0.25) is 0 Å². The van der Waals surface area contributed by atoms with E-state index in [0.717, 1.165) is 5.56 Å². The number of fused-ring (bicyclic) bond motifs is 5. The van der Waals surface area contributed by atoms with Gasteiger partial charge in [-0.1, -0.05) is 36.4 Å². The van der Waals surface area contributed by atoms with Crippen molar-refractivity contribution in [1.29, 1.82) is 0 Å². The average Bonchev–Trinajstić information content (AvgIpc) is 2.53. The zero-order valence-electron chi connectivity index (χ0n) is 11.5. The van der Waals surface area contributed by atoms with Gasteiger partial charge in [0, 0.05) is 0 Å². The van der Waals surface area contributed by atoms with Crippen LogP contribution >= 0.6 is 0 Å². The second kappa shape index (κ2) is 4.60. The van der Waals surface area contributed by atoms with Crippen LogP contribution in [0.3, 0.4) is 0 Å². The molecule has 0 bridgehead atoms. The van der Waals surface area contributed by atoms with Gasteiger partial charge in [0.05, 0.1) is 6.61 Å². The summed E-state index contributed by atoms with van der Waals surface area (Å²) < 4.78 is 0. The maximum Gasteiger partial charge on any atom is 0.0682 e. The van der Waals surface area contributed by atoms with E-state index < -0.39 is 0 Å². The minimum absolute atomic E-state index is 0.109. The van der Waals surface area contributed by atoms with Crippen molar-refractivity contribution in [2.24, 2.45) is 0 Å². The Hall–Kier alpha value is -1.86. The molecule has 3 aromatic rings. The number of benzene rings is 3. The Morgan fingerprint density at radius 1 is 0.800 bits per heavy atom. The predicted molar refractivity (Wildman–Crippen MR) is 84.0 cm³/mol. The SMILES string of the molecule is OCc1ccc2c(ccc3c4c(ccc32)CCCC4)c1. The normalized spacial score (nSPS) is 14.7. The number of hydrogen-bond donors (Lipinski definition) is 1. The zero-order chi connectivity index (χ0) is 13.5. The average molecular weight is 262 g/mol. The third-order valence-corrected chi connectivity index (χ3v) is 4.60. The predicted octanol–water partition coefficient (Wildman–Crippen LogP) is 4.36. The highest BCUT2D eigenvalue weighted by molar-refractivity contribution is 6.08. The number of aliphatic hydroxyl groups excluding tert-OH is 1. The lowest BCUT2D eigenvalue weighted by Gasteiger charge is -2.18. The minimum Gasteiger partial charge on any atom is -0.392 e. The molecule has 1 heteroatoms. The van der Waals surface area contributed by atoms with Crippen molar-refractivity contribution in [3.63, 3.8) is 0 Å². The lowest BCUT2D eigenvalue weighted by Crippen LogP contribution is -2.03. The molecule has 0 amide bonds. The van der Waals surface area contributed by atoms with Crippen LogP contribution in [0.25, 0.3) is 21.5 Å². The van der Waals surface area contributed by atoms with Crippen molar-refractivity contribution in [3.8, 4) is 0 Å². The molecule has 1 N–H and O–H groups in total. The van der Waals surface area contributed by atoms with Gasteiger partial charge in [-0.15, -0.1) is 0 Å². The van der Waals surface area contributed by atoms with Crippen LogP contribution in [-0.2, 0) is 19.4 Å². The van der Waals surface area contributed by atoms with Crippen molar-refractivity contribution in [1.82, 2.24) is 0 Å². The van der Waals surface area contributed by atoms with E-state index in [9.17, 15) is 5.11 Å². The van der Waals surface area contributed by atoms with E-state index in [2.05, 4.69) is 36.4 Å². The third-order valence-electron chi connectivity index (χ3n) is 4.60. The Balaban J connectivity index is 2.05. The van der Waals surface area contributed by atoms with Gasteiger partial charge >= 0.3 is 0 Å². The summed E-state index contributed by atoms with van der Waals surface area (Å²) in [5.41, 5.74) is 4.08. The Morgan fingerprint density at radius 2 is 1.60 bits per heavy atom. The maximum atomic E-state index is 9.27. The molecule has 100 valence electrons. The maximum absolute atomic E-state index is 9.27. The van der Waals surface area contributed by atoms with E-state index in [4.69, 9.17) is 0 Å². The van der Waals surface area contributed by atoms with Crippen LogP contribution in [-0.4, -0.2) is 5.11 Å². The number of rotatable bonds is 1. The van der Waals surface area contributed by atoms with Gasteiger partial charge in [-0.3, -0.25) is 0 Å². The second-order valence-corrected chi connectivity index (χ2v) is 5.78. The van der Waals surface area contributed by atoms with Crippen molar-refractivity contribution in [2.45, 2.75) is 32.3 Å². The highest BCUT2D eigenvalue weighted by Crippen LogP contribution is 2.33. The van der Waals surface area contributed by atoms with Crippen LogP contribution in [0, 0.1) is 0 Å². The van der Waals surface area contributed by atoms with Crippen molar-refractivity contribution < 1.29 is 5.11 Å². The minimum atomic E-state index is 0.109. The van der Waals surface area contributed by atoms with Crippen molar-refractivity contribution >= 4 is 21.5 Å². The summed E-state index contributed by atoms with van der Waals surface area (Å²) in [5.74, 6) is 0. The Kier molecular flexibility index (Phi) is 2.75. The zero-order valence-corrected chi connectivity index (χ0v) is 11.5. The lowest BCUT2D eigenvalue weighted by molar-refractivity contribution is 0.282. The standard InChI is InChI=1S/C19H18O/c20-12-13-5-8-17-15(11-13)7-10-18-16-4-2-1-3-14(16)6-9-19(17)18/h5-11,20H,1-4,12H2. The van der Waals surface area contributed by atoms with Gasteiger partial charge in [0.25, 0.3) is 0 Å². The summed E-state index contributed by atoms with van der Waals surface area (Å²) in [7, 11) is 0. The fraction of sp³-hybridized carbons (Fsp3) is 0.263. The van der Waals surface area contributed by atoms with Crippen LogP contribution in [0.15, 0.2) is 42.5 Å². The van der Waals surface area contributed by atoms with Crippen LogP contribution in [0.2, 0.25) is 0 Å². The molecule has 0 unspecified atom stereocenters. The summed E-state index contributed by atoms with van der Waals surface area (Å²) >= 11 is 0. The van der Waals surface area contributed by atoms with E-state index in [1.165, 1.54) is 52.8 Å². The highest BCUT2D eigenvalue weighted by Gasteiger charge is 2.13. The first-order valence-electron chi connectivity index (χ1n) is 7.44. The molecular weight excluding hydrogens is 244 g/mol. The molecule has 20 heavy (non-hydrogen) atoms. The summed E-state index contributed by atoms with van der Waals surface area (Å²) in [6.45, 7) is 0.109. The molecule has 0 saturated heterocycles. The van der Waals surface area contributed by atoms with E-state index in [1.54, 1.807) is 5.56 Å². The number of aryl methyl sites for hydroxylation is 2. The molecule has 1 nitrogen and oxygen atoms in total. The van der Waals surface area contributed by atoms with Crippen molar-refractivity contribution in [2.75, 3.05) is 0 Å². The van der Waals surface area contributed by atoms with Crippen LogP contribution in [0.4, 0.5) is 0 Å². The summed E-state index contributed by atoms with van der Waals surface area (Å²) in [6, 6.07) is 15.3. The molecule has 0 saturated carbocycles. The Labute approximate surface area is 118 Å². The van der Waals surface area contributed by atoms with Gasteiger partial charge in [-0.2, -0.15) is 0 Å². The summed E-state index contributed by atoms with van der Waals surface area (Å²) in [5, 5.41) is 14.6. The third kappa shape index (κ3) is 1.74. The van der Waals surface area contributed by atoms with E-state index in [1.807, 2.05) is 6.07 Å². The largest absolute Gasteiger partial charge is 0.392 e. The van der Waals surface area contributed by atoms with Gasteiger partial charge in [0.1, 0.15) is 0 Å². The Bertz CT molecular complexity index is 802. The smallest absolute Gasteiger partial charge is 0.0682 e. The molecular formula is C19H18O. The Morgan fingerprint density at radius 3 is 2.50 bits per heavy atom. The molecule has 1 aliphatic rings. The van der Waals surface area contributed by atoms with Gasteiger partial charge in [0.15, 0.2) is 0 Å². The highest BCUT2D eigenvalue weighted by atomic mass is 16.3. The van der Waals surface area contributed by atoms with Crippen LogP contribution in [0.1, 0.15) is 29.5 Å². The molecule has 0 heterocycles. The van der Waals surface area contributed by atoms with E-state index in [-0.39, 0.29) is 6.61 Å². The van der Waals surface area contributed by atoms with Crippen LogP contribution in [0.5, 0.6) is 0 Å². The van der Waals surface area contributed by atoms with Crippen LogP contribution < -0.4 is 0 Å². The first kappa shape index (κ1) is 11.9. The number of aliphatic hydroxyl groups is 1. The monoisotopic (exact) mass is 262 g/mol.